The fourth-order valence-corrected chi connectivity index (χ4v) is 1.13. The number of rotatable bonds is 3. The fraction of sp³-hybridized carbons (Fsp3) is 0.571. The second-order valence-corrected chi connectivity index (χ2v) is 2.81. The van der Waals surface area contributed by atoms with Crippen molar-refractivity contribution in [1.29, 1.82) is 0 Å². The molecule has 1 unspecified atom stereocenters. The van der Waals surface area contributed by atoms with Crippen LogP contribution in [0.4, 0.5) is 9.59 Å². The molecule has 0 bridgehead atoms. The molecular weight excluding hydrogens is 204 g/mol. The third-order valence-corrected chi connectivity index (χ3v) is 1.81. The summed E-state index contributed by atoms with van der Waals surface area (Å²) < 4.78 is 0. The van der Waals surface area contributed by atoms with Gasteiger partial charge in [-0.2, -0.15) is 0 Å². The van der Waals surface area contributed by atoms with Gasteiger partial charge in [0.2, 0.25) is 0 Å². The summed E-state index contributed by atoms with van der Waals surface area (Å²) in [6, 6.07) is -1.31. The first-order valence-corrected chi connectivity index (χ1v) is 4.36. The topological polar surface area (TPSA) is 111 Å². The standard InChI is InChI=1S/C7H12N4O4/c1-2-8-6(14)9-4-5(13)10-7(15)11(4)3-12/h4,12H,2-3H2,1H3,(H2,8,9,14)(H,10,13,15). The van der Waals surface area contributed by atoms with E-state index in [1.165, 1.54) is 0 Å². The monoisotopic (exact) mass is 216 g/mol. The zero-order chi connectivity index (χ0) is 11.4. The molecule has 84 valence electrons. The molecule has 0 aromatic carbocycles. The van der Waals surface area contributed by atoms with E-state index in [2.05, 4.69) is 10.6 Å². The average molecular weight is 216 g/mol. The van der Waals surface area contributed by atoms with E-state index in [-0.39, 0.29) is 0 Å². The molecule has 0 saturated carbocycles. The van der Waals surface area contributed by atoms with Crippen molar-refractivity contribution in [2.75, 3.05) is 13.3 Å². The molecule has 0 aromatic rings. The van der Waals surface area contributed by atoms with Gasteiger partial charge in [-0.25, -0.2) is 9.59 Å². The Hall–Kier alpha value is -1.83. The van der Waals surface area contributed by atoms with Crippen LogP contribution in [0.5, 0.6) is 0 Å². The van der Waals surface area contributed by atoms with Crippen LogP contribution in [-0.2, 0) is 4.79 Å². The van der Waals surface area contributed by atoms with Crippen LogP contribution in [0, 0.1) is 0 Å². The molecule has 1 saturated heterocycles. The second-order valence-electron chi connectivity index (χ2n) is 2.81. The summed E-state index contributed by atoms with van der Waals surface area (Å²) in [6.07, 6.45) is -1.16. The molecule has 1 heterocycles. The lowest BCUT2D eigenvalue weighted by atomic mass is 10.4. The summed E-state index contributed by atoms with van der Waals surface area (Å²) in [5.74, 6) is -0.666. The molecule has 0 aliphatic carbocycles. The molecule has 5 amide bonds. The van der Waals surface area contributed by atoms with Gasteiger partial charge in [-0.05, 0) is 6.92 Å². The maximum absolute atomic E-state index is 11.2. The first kappa shape index (κ1) is 11.2. The van der Waals surface area contributed by atoms with Crippen molar-refractivity contribution in [1.82, 2.24) is 20.9 Å². The van der Waals surface area contributed by atoms with E-state index in [4.69, 9.17) is 5.11 Å². The third kappa shape index (κ3) is 2.34. The first-order chi connectivity index (χ1) is 7.10. The molecule has 1 fully saturated rings. The van der Waals surface area contributed by atoms with E-state index in [1.807, 2.05) is 5.32 Å². The Morgan fingerprint density at radius 3 is 2.80 bits per heavy atom. The Morgan fingerprint density at radius 1 is 1.60 bits per heavy atom. The predicted molar refractivity (Wildman–Crippen MR) is 48.5 cm³/mol. The predicted octanol–water partition coefficient (Wildman–Crippen LogP) is -1.87. The summed E-state index contributed by atoms with van der Waals surface area (Å²) >= 11 is 0. The Balaban J connectivity index is 2.63. The number of amides is 5. The van der Waals surface area contributed by atoms with Crippen molar-refractivity contribution in [2.24, 2.45) is 0 Å². The van der Waals surface area contributed by atoms with Crippen molar-refractivity contribution in [3.05, 3.63) is 0 Å². The lowest BCUT2D eigenvalue weighted by Crippen LogP contribution is -2.52. The number of hydrogen-bond donors (Lipinski definition) is 4. The highest BCUT2D eigenvalue weighted by molar-refractivity contribution is 6.05. The van der Waals surface area contributed by atoms with Crippen LogP contribution in [0.2, 0.25) is 0 Å². The van der Waals surface area contributed by atoms with Crippen LogP contribution in [0.15, 0.2) is 0 Å². The van der Waals surface area contributed by atoms with Gasteiger partial charge in [-0.1, -0.05) is 0 Å². The van der Waals surface area contributed by atoms with Crippen LogP contribution in [0.1, 0.15) is 6.92 Å². The minimum Gasteiger partial charge on any atom is -0.376 e. The highest BCUT2D eigenvalue weighted by Crippen LogP contribution is 2.03. The van der Waals surface area contributed by atoms with Gasteiger partial charge in [0, 0.05) is 6.54 Å². The molecule has 1 aliphatic rings. The van der Waals surface area contributed by atoms with Crippen LogP contribution in [0.25, 0.3) is 0 Å². The van der Waals surface area contributed by atoms with Gasteiger partial charge in [0.05, 0.1) is 0 Å². The molecule has 1 aliphatic heterocycles. The van der Waals surface area contributed by atoms with Crippen molar-refractivity contribution < 1.29 is 19.5 Å². The van der Waals surface area contributed by atoms with Crippen LogP contribution < -0.4 is 16.0 Å². The van der Waals surface area contributed by atoms with E-state index in [0.29, 0.717) is 6.54 Å². The van der Waals surface area contributed by atoms with E-state index in [9.17, 15) is 14.4 Å². The van der Waals surface area contributed by atoms with Crippen LogP contribution >= 0.6 is 0 Å². The molecule has 8 heteroatoms. The average Bonchev–Trinajstić information content (AvgIpc) is 2.42. The summed E-state index contributed by atoms with van der Waals surface area (Å²) in [5.41, 5.74) is 0. The molecule has 0 radical (unpaired) electrons. The Morgan fingerprint density at radius 2 is 2.27 bits per heavy atom. The molecule has 1 rings (SSSR count). The van der Waals surface area contributed by atoms with Gasteiger partial charge in [0.1, 0.15) is 6.73 Å². The maximum Gasteiger partial charge on any atom is 0.328 e. The lowest BCUT2D eigenvalue weighted by molar-refractivity contribution is -0.122. The first-order valence-electron chi connectivity index (χ1n) is 4.36. The van der Waals surface area contributed by atoms with Crippen molar-refractivity contribution in [3.63, 3.8) is 0 Å². The van der Waals surface area contributed by atoms with Crippen LogP contribution in [0.3, 0.4) is 0 Å². The number of urea groups is 2. The van der Waals surface area contributed by atoms with Gasteiger partial charge in [-0.15, -0.1) is 0 Å². The largest absolute Gasteiger partial charge is 0.376 e. The van der Waals surface area contributed by atoms with Gasteiger partial charge in [0.25, 0.3) is 5.91 Å². The maximum atomic E-state index is 11.2. The number of aliphatic hydroxyl groups is 1. The lowest BCUT2D eigenvalue weighted by Gasteiger charge is -2.19. The second kappa shape index (κ2) is 4.60. The highest BCUT2D eigenvalue weighted by Gasteiger charge is 2.38. The molecule has 0 spiro atoms. The number of imide groups is 1. The number of nitrogens with zero attached hydrogens (tertiary/aromatic N) is 1. The van der Waals surface area contributed by atoms with E-state index < -0.39 is 30.9 Å². The van der Waals surface area contributed by atoms with Crippen molar-refractivity contribution in [2.45, 2.75) is 13.1 Å². The molecule has 1 atom stereocenters. The van der Waals surface area contributed by atoms with Crippen molar-refractivity contribution >= 4 is 18.0 Å². The number of nitrogens with one attached hydrogen (secondary N) is 3. The molecule has 15 heavy (non-hydrogen) atoms. The summed E-state index contributed by atoms with van der Waals surface area (Å²) in [6.45, 7) is 1.46. The van der Waals surface area contributed by atoms with Gasteiger partial charge >= 0.3 is 12.1 Å². The SMILES string of the molecule is CCNC(=O)NC1C(=O)NC(=O)N1CO. The van der Waals surface area contributed by atoms with Gasteiger partial charge in [0.15, 0.2) is 6.17 Å². The number of hydrogen-bond acceptors (Lipinski definition) is 4. The fourth-order valence-electron chi connectivity index (χ4n) is 1.13. The van der Waals surface area contributed by atoms with E-state index in [0.717, 1.165) is 4.90 Å². The highest BCUT2D eigenvalue weighted by atomic mass is 16.3. The smallest absolute Gasteiger partial charge is 0.328 e. The van der Waals surface area contributed by atoms with Gasteiger partial charge < -0.3 is 15.7 Å². The minimum atomic E-state index is -1.16. The molecule has 8 nitrogen and oxygen atoms in total. The Kier molecular flexibility index (Phi) is 3.45. The minimum absolute atomic E-state index is 0.396. The molecular formula is C7H12N4O4. The van der Waals surface area contributed by atoms with E-state index >= 15 is 0 Å². The van der Waals surface area contributed by atoms with Crippen LogP contribution in [-0.4, -0.2) is 47.4 Å². The van der Waals surface area contributed by atoms with Crippen molar-refractivity contribution in [3.8, 4) is 0 Å². The number of aliphatic hydroxyl groups excluding tert-OH is 1. The quantitative estimate of drug-likeness (QED) is 0.414. The zero-order valence-electron chi connectivity index (χ0n) is 8.11. The summed E-state index contributed by atoms with van der Waals surface area (Å²) in [7, 11) is 0. The number of carbonyl (C=O) groups excluding carboxylic acids is 3. The Bertz CT molecular complexity index is 293. The molecule has 4 N–H and O–H groups in total. The Labute approximate surface area is 85.6 Å². The third-order valence-electron chi connectivity index (χ3n) is 1.81. The number of carbonyl (C=O) groups is 3. The normalized spacial score (nSPS) is 20.1. The zero-order valence-corrected chi connectivity index (χ0v) is 8.11. The summed E-state index contributed by atoms with van der Waals surface area (Å²) in [4.78, 5) is 34.1. The van der Waals surface area contributed by atoms with Gasteiger partial charge in [-0.3, -0.25) is 15.0 Å². The molecule has 0 aromatic heterocycles. The van der Waals surface area contributed by atoms with E-state index in [1.54, 1.807) is 6.92 Å². The summed E-state index contributed by atoms with van der Waals surface area (Å²) in [5, 5.41) is 15.4.